The standard InChI is InChI=1S/C13H15NS2/c1-9(8-15)13(16)14-12-6-5-10-3-2-4-11(10)7-12/h5-8,15H,2-4H2,1H3,(H,14,16)/b9-8+. The van der Waals surface area contributed by atoms with Crippen LogP contribution in [0, 0.1) is 0 Å². The lowest BCUT2D eigenvalue weighted by molar-refractivity contribution is 0.912. The largest absolute Gasteiger partial charge is 0.346 e. The third-order valence-electron chi connectivity index (χ3n) is 2.91. The van der Waals surface area contributed by atoms with Crippen molar-refractivity contribution in [1.82, 2.24) is 0 Å². The number of thiol groups is 1. The molecule has 0 unspecified atom stereocenters. The zero-order chi connectivity index (χ0) is 11.5. The summed E-state index contributed by atoms with van der Waals surface area (Å²) in [7, 11) is 0. The molecule has 1 aromatic carbocycles. The number of hydrogen-bond acceptors (Lipinski definition) is 2. The molecule has 2 rings (SSSR count). The van der Waals surface area contributed by atoms with Crippen molar-refractivity contribution < 1.29 is 0 Å². The van der Waals surface area contributed by atoms with E-state index >= 15 is 0 Å². The van der Waals surface area contributed by atoms with Gasteiger partial charge in [0.2, 0.25) is 0 Å². The molecule has 16 heavy (non-hydrogen) atoms. The molecule has 1 nitrogen and oxygen atoms in total. The van der Waals surface area contributed by atoms with Gasteiger partial charge in [-0.2, -0.15) is 12.6 Å². The van der Waals surface area contributed by atoms with Gasteiger partial charge >= 0.3 is 0 Å². The first-order chi connectivity index (χ1) is 7.70. The molecule has 0 radical (unpaired) electrons. The Balaban J connectivity index is 2.14. The van der Waals surface area contributed by atoms with Crippen LogP contribution >= 0.6 is 24.8 Å². The molecular weight excluding hydrogens is 234 g/mol. The second-order valence-electron chi connectivity index (χ2n) is 4.10. The maximum Gasteiger partial charge on any atom is 0.107 e. The molecule has 1 aliphatic carbocycles. The average Bonchev–Trinajstić information content (AvgIpc) is 2.75. The second kappa shape index (κ2) is 5.02. The molecular formula is C13H15NS2. The minimum Gasteiger partial charge on any atom is -0.346 e. The van der Waals surface area contributed by atoms with Gasteiger partial charge in [0.15, 0.2) is 0 Å². The van der Waals surface area contributed by atoms with Gasteiger partial charge in [0.05, 0.1) is 0 Å². The molecule has 0 bridgehead atoms. The molecule has 0 saturated carbocycles. The number of aryl methyl sites for hydroxylation is 2. The van der Waals surface area contributed by atoms with E-state index in [-0.39, 0.29) is 0 Å². The third-order valence-corrected chi connectivity index (χ3v) is 3.72. The predicted molar refractivity (Wildman–Crippen MR) is 77.4 cm³/mol. The van der Waals surface area contributed by atoms with Crippen LogP contribution in [0.15, 0.2) is 29.2 Å². The number of hydrogen-bond donors (Lipinski definition) is 2. The molecule has 1 aromatic rings. The first-order valence-corrected chi connectivity index (χ1v) is 6.37. The van der Waals surface area contributed by atoms with Crippen LogP contribution in [-0.4, -0.2) is 4.99 Å². The molecule has 0 atom stereocenters. The van der Waals surface area contributed by atoms with Gasteiger partial charge in [-0.1, -0.05) is 18.3 Å². The summed E-state index contributed by atoms with van der Waals surface area (Å²) in [4.78, 5) is 0.743. The number of anilines is 1. The molecule has 0 spiro atoms. The number of fused-ring (bicyclic) bond motifs is 1. The molecule has 0 saturated heterocycles. The van der Waals surface area contributed by atoms with Crippen LogP contribution in [0.3, 0.4) is 0 Å². The molecule has 0 amide bonds. The summed E-state index contributed by atoms with van der Waals surface area (Å²) < 4.78 is 0. The van der Waals surface area contributed by atoms with E-state index in [4.69, 9.17) is 12.2 Å². The fraction of sp³-hybridized carbons (Fsp3) is 0.308. The highest BCUT2D eigenvalue weighted by molar-refractivity contribution is 7.84. The number of thiocarbonyl (C=S) groups is 1. The van der Waals surface area contributed by atoms with Crippen molar-refractivity contribution in [2.75, 3.05) is 5.32 Å². The number of nitrogens with one attached hydrogen (secondary N) is 1. The fourth-order valence-corrected chi connectivity index (χ4v) is 2.33. The Labute approximate surface area is 107 Å². The lowest BCUT2D eigenvalue weighted by atomic mass is 10.1. The molecule has 0 heterocycles. The molecule has 0 aliphatic heterocycles. The van der Waals surface area contributed by atoms with Gasteiger partial charge in [0, 0.05) is 5.69 Å². The van der Waals surface area contributed by atoms with Gasteiger partial charge in [-0.15, -0.1) is 0 Å². The summed E-state index contributed by atoms with van der Waals surface area (Å²) in [6, 6.07) is 6.51. The Bertz CT molecular complexity index is 449. The van der Waals surface area contributed by atoms with Crippen LogP contribution in [-0.2, 0) is 12.8 Å². The van der Waals surface area contributed by atoms with E-state index in [1.54, 1.807) is 5.41 Å². The SMILES string of the molecule is C/C(=C\S)C(=S)Nc1ccc2c(c1)CCC2. The van der Waals surface area contributed by atoms with Crippen LogP contribution in [0.5, 0.6) is 0 Å². The highest BCUT2D eigenvalue weighted by Gasteiger charge is 2.11. The zero-order valence-corrected chi connectivity index (χ0v) is 11.0. The van der Waals surface area contributed by atoms with E-state index in [0.29, 0.717) is 0 Å². The summed E-state index contributed by atoms with van der Waals surface area (Å²) in [6.07, 6.45) is 3.69. The lowest BCUT2D eigenvalue weighted by Crippen LogP contribution is -2.10. The van der Waals surface area contributed by atoms with Crippen molar-refractivity contribution in [2.45, 2.75) is 26.2 Å². The van der Waals surface area contributed by atoms with Gasteiger partial charge in [-0.3, -0.25) is 0 Å². The van der Waals surface area contributed by atoms with E-state index in [0.717, 1.165) is 16.2 Å². The average molecular weight is 249 g/mol. The Hall–Kier alpha value is -0.800. The maximum atomic E-state index is 5.26. The molecule has 84 valence electrons. The number of benzene rings is 1. The minimum absolute atomic E-state index is 0.743. The first-order valence-electron chi connectivity index (χ1n) is 5.45. The Kier molecular flexibility index (Phi) is 3.66. The van der Waals surface area contributed by atoms with E-state index < -0.39 is 0 Å². The quantitative estimate of drug-likeness (QED) is 0.470. The Morgan fingerprint density at radius 3 is 2.88 bits per heavy atom. The van der Waals surface area contributed by atoms with Gasteiger partial charge in [-0.25, -0.2) is 0 Å². The summed E-state index contributed by atoms with van der Waals surface area (Å²) in [5.74, 6) is 0. The molecule has 0 aromatic heterocycles. The van der Waals surface area contributed by atoms with Crippen LogP contribution in [0.1, 0.15) is 24.5 Å². The molecule has 3 heteroatoms. The van der Waals surface area contributed by atoms with Gasteiger partial charge in [-0.05, 0) is 60.4 Å². The molecule has 1 aliphatic rings. The third kappa shape index (κ3) is 2.47. The van der Waals surface area contributed by atoms with Crippen LogP contribution in [0.25, 0.3) is 0 Å². The Morgan fingerprint density at radius 2 is 2.12 bits per heavy atom. The van der Waals surface area contributed by atoms with Crippen molar-refractivity contribution in [3.63, 3.8) is 0 Å². The number of rotatable bonds is 2. The van der Waals surface area contributed by atoms with Crippen molar-refractivity contribution in [1.29, 1.82) is 0 Å². The molecule has 1 N–H and O–H groups in total. The van der Waals surface area contributed by atoms with Crippen LogP contribution < -0.4 is 5.32 Å². The van der Waals surface area contributed by atoms with Crippen molar-refractivity contribution in [2.24, 2.45) is 0 Å². The normalized spacial score (nSPS) is 14.8. The topological polar surface area (TPSA) is 12.0 Å². The van der Waals surface area contributed by atoms with Gasteiger partial charge < -0.3 is 5.32 Å². The van der Waals surface area contributed by atoms with Crippen molar-refractivity contribution in [3.05, 3.63) is 40.3 Å². The predicted octanol–water partition coefficient (Wildman–Crippen LogP) is 3.75. The van der Waals surface area contributed by atoms with Crippen LogP contribution in [0.2, 0.25) is 0 Å². The monoisotopic (exact) mass is 249 g/mol. The van der Waals surface area contributed by atoms with Gasteiger partial charge in [0.25, 0.3) is 0 Å². The second-order valence-corrected chi connectivity index (χ2v) is 4.77. The fourth-order valence-electron chi connectivity index (χ4n) is 1.94. The highest BCUT2D eigenvalue weighted by atomic mass is 32.1. The zero-order valence-electron chi connectivity index (χ0n) is 9.29. The van der Waals surface area contributed by atoms with E-state index in [9.17, 15) is 0 Å². The van der Waals surface area contributed by atoms with E-state index in [1.165, 1.54) is 30.4 Å². The van der Waals surface area contributed by atoms with Gasteiger partial charge in [0.1, 0.15) is 4.99 Å². The summed E-state index contributed by atoms with van der Waals surface area (Å²) >= 11 is 9.35. The smallest absolute Gasteiger partial charge is 0.107 e. The molecule has 0 fully saturated rings. The van der Waals surface area contributed by atoms with E-state index in [2.05, 4.69) is 36.1 Å². The Morgan fingerprint density at radius 1 is 1.38 bits per heavy atom. The lowest BCUT2D eigenvalue weighted by Gasteiger charge is -2.09. The summed E-state index contributed by atoms with van der Waals surface area (Å²) in [6.45, 7) is 1.95. The van der Waals surface area contributed by atoms with Crippen LogP contribution in [0.4, 0.5) is 5.69 Å². The van der Waals surface area contributed by atoms with Crippen molar-refractivity contribution >= 4 is 35.5 Å². The van der Waals surface area contributed by atoms with Crippen molar-refractivity contribution in [3.8, 4) is 0 Å². The summed E-state index contributed by atoms with van der Waals surface area (Å²) in [5.41, 5.74) is 5.01. The minimum atomic E-state index is 0.743. The first kappa shape index (κ1) is 11.7. The highest BCUT2D eigenvalue weighted by Crippen LogP contribution is 2.25. The van der Waals surface area contributed by atoms with E-state index in [1.807, 2.05) is 6.92 Å². The maximum absolute atomic E-state index is 5.26. The summed E-state index contributed by atoms with van der Waals surface area (Å²) in [5, 5.41) is 4.96.